The van der Waals surface area contributed by atoms with E-state index in [1.807, 2.05) is 0 Å². The SMILES string of the molecule is CC/C=C/CCN(C)CCC. The monoisotopic (exact) mass is 155 g/mol. The van der Waals surface area contributed by atoms with Crippen molar-refractivity contribution >= 4 is 0 Å². The van der Waals surface area contributed by atoms with Crippen LogP contribution in [0.4, 0.5) is 0 Å². The molecule has 0 N–H and O–H groups in total. The lowest BCUT2D eigenvalue weighted by Crippen LogP contribution is -2.19. The minimum absolute atomic E-state index is 1.16. The minimum Gasteiger partial charge on any atom is -0.306 e. The van der Waals surface area contributed by atoms with E-state index in [1.165, 1.54) is 25.9 Å². The second-order valence-electron chi connectivity index (χ2n) is 2.97. The summed E-state index contributed by atoms with van der Waals surface area (Å²) in [6, 6.07) is 0. The lowest BCUT2D eigenvalue weighted by Gasteiger charge is -2.13. The van der Waals surface area contributed by atoms with Gasteiger partial charge in [0.15, 0.2) is 0 Å². The van der Waals surface area contributed by atoms with Crippen molar-refractivity contribution in [2.75, 3.05) is 20.1 Å². The highest BCUT2D eigenvalue weighted by Gasteiger charge is 1.91. The molecule has 0 unspecified atom stereocenters. The van der Waals surface area contributed by atoms with Gasteiger partial charge in [-0.15, -0.1) is 0 Å². The van der Waals surface area contributed by atoms with E-state index in [-0.39, 0.29) is 0 Å². The Bertz CT molecular complexity index is 97.0. The van der Waals surface area contributed by atoms with E-state index in [0.29, 0.717) is 0 Å². The van der Waals surface area contributed by atoms with E-state index < -0.39 is 0 Å². The lowest BCUT2D eigenvalue weighted by atomic mass is 10.3. The van der Waals surface area contributed by atoms with Crippen LogP contribution in [0.1, 0.15) is 33.1 Å². The highest BCUT2D eigenvalue weighted by atomic mass is 15.1. The fourth-order valence-electron chi connectivity index (χ4n) is 1.07. The number of hydrogen-bond donors (Lipinski definition) is 0. The van der Waals surface area contributed by atoms with Gasteiger partial charge in [-0.05, 0) is 32.9 Å². The summed E-state index contributed by atoms with van der Waals surface area (Å²) in [7, 11) is 2.18. The highest BCUT2D eigenvalue weighted by Crippen LogP contribution is 1.91. The molecule has 0 aromatic rings. The van der Waals surface area contributed by atoms with Gasteiger partial charge >= 0.3 is 0 Å². The highest BCUT2D eigenvalue weighted by molar-refractivity contribution is 4.80. The molecule has 0 amide bonds. The van der Waals surface area contributed by atoms with Gasteiger partial charge in [-0.2, -0.15) is 0 Å². The third kappa shape index (κ3) is 7.60. The first-order valence-corrected chi connectivity index (χ1v) is 4.64. The maximum Gasteiger partial charge on any atom is 0.00128 e. The Morgan fingerprint density at radius 1 is 1.09 bits per heavy atom. The summed E-state index contributed by atoms with van der Waals surface area (Å²) >= 11 is 0. The van der Waals surface area contributed by atoms with Crippen molar-refractivity contribution in [1.82, 2.24) is 4.90 Å². The molecule has 0 bridgehead atoms. The van der Waals surface area contributed by atoms with Crippen LogP contribution in [0.2, 0.25) is 0 Å². The van der Waals surface area contributed by atoms with Crippen molar-refractivity contribution in [1.29, 1.82) is 0 Å². The van der Waals surface area contributed by atoms with Crippen molar-refractivity contribution in [2.45, 2.75) is 33.1 Å². The molecule has 1 nitrogen and oxygen atoms in total. The van der Waals surface area contributed by atoms with E-state index in [0.717, 1.165) is 6.42 Å². The molecule has 66 valence electrons. The smallest absolute Gasteiger partial charge is 0.00128 e. The van der Waals surface area contributed by atoms with E-state index in [1.54, 1.807) is 0 Å². The predicted octanol–water partition coefficient (Wildman–Crippen LogP) is 2.68. The van der Waals surface area contributed by atoms with Gasteiger partial charge in [0, 0.05) is 6.54 Å². The lowest BCUT2D eigenvalue weighted by molar-refractivity contribution is 0.341. The molecule has 0 rings (SSSR count). The number of hydrogen-bond acceptors (Lipinski definition) is 1. The summed E-state index contributed by atoms with van der Waals surface area (Å²) in [5.41, 5.74) is 0. The molecule has 0 aliphatic carbocycles. The Labute approximate surface area is 71.1 Å². The first-order chi connectivity index (χ1) is 5.31. The Hall–Kier alpha value is -0.300. The van der Waals surface area contributed by atoms with Crippen molar-refractivity contribution in [3.63, 3.8) is 0 Å². The summed E-state index contributed by atoms with van der Waals surface area (Å²) < 4.78 is 0. The van der Waals surface area contributed by atoms with Gasteiger partial charge in [0.05, 0.1) is 0 Å². The van der Waals surface area contributed by atoms with Gasteiger partial charge < -0.3 is 4.90 Å². The van der Waals surface area contributed by atoms with Crippen molar-refractivity contribution in [3.05, 3.63) is 12.2 Å². The molecule has 0 fully saturated rings. The normalized spacial score (nSPS) is 11.6. The van der Waals surface area contributed by atoms with Gasteiger partial charge in [-0.3, -0.25) is 0 Å². The van der Waals surface area contributed by atoms with E-state index in [2.05, 4.69) is 37.9 Å². The van der Waals surface area contributed by atoms with Gasteiger partial charge in [0.1, 0.15) is 0 Å². The van der Waals surface area contributed by atoms with Crippen LogP contribution in [-0.2, 0) is 0 Å². The van der Waals surface area contributed by atoms with Crippen LogP contribution in [-0.4, -0.2) is 25.0 Å². The van der Waals surface area contributed by atoms with Crippen LogP contribution < -0.4 is 0 Å². The van der Waals surface area contributed by atoms with Gasteiger partial charge in [-0.25, -0.2) is 0 Å². The summed E-state index contributed by atoms with van der Waals surface area (Å²) in [6.07, 6.45) is 8.13. The third-order valence-electron chi connectivity index (χ3n) is 1.69. The molecule has 0 aromatic carbocycles. The van der Waals surface area contributed by atoms with Gasteiger partial charge in [0.25, 0.3) is 0 Å². The molecule has 0 heterocycles. The largest absolute Gasteiger partial charge is 0.306 e. The van der Waals surface area contributed by atoms with Crippen LogP contribution in [0, 0.1) is 0 Å². The molecule has 0 atom stereocenters. The number of nitrogens with zero attached hydrogens (tertiary/aromatic N) is 1. The Kier molecular flexibility index (Phi) is 7.59. The molecule has 0 spiro atoms. The molecule has 0 saturated carbocycles. The summed E-state index contributed by atoms with van der Waals surface area (Å²) in [4.78, 5) is 2.38. The van der Waals surface area contributed by atoms with E-state index in [4.69, 9.17) is 0 Å². The maximum atomic E-state index is 2.38. The zero-order valence-corrected chi connectivity index (χ0v) is 8.14. The predicted molar refractivity (Wildman–Crippen MR) is 51.8 cm³/mol. The first kappa shape index (κ1) is 10.7. The quantitative estimate of drug-likeness (QED) is 0.533. The van der Waals surface area contributed by atoms with Crippen molar-refractivity contribution in [3.8, 4) is 0 Å². The fraction of sp³-hybridized carbons (Fsp3) is 0.800. The van der Waals surface area contributed by atoms with Crippen LogP contribution in [0.3, 0.4) is 0 Å². The Morgan fingerprint density at radius 2 is 1.82 bits per heavy atom. The number of allylic oxidation sites excluding steroid dienone is 1. The van der Waals surface area contributed by atoms with Crippen LogP contribution in [0.5, 0.6) is 0 Å². The molecule has 0 saturated heterocycles. The minimum atomic E-state index is 1.16. The number of rotatable bonds is 6. The molecule has 11 heavy (non-hydrogen) atoms. The molecule has 1 heteroatoms. The van der Waals surface area contributed by atoms with Crippen molar-refractivity contribution in [2.24, 2.45) is 0 Å². The summed E-state index contributed by atoms with van der Waals surface area (Å²) in [6.45, 7) is 6.81. The molecule has 0 aliphatic rings. The molecular formula is C10H21N. The van der Waals surface area contributed by atoms with Gasteiger partial charge in [-0.1, -0.05) is 26.0 Å². The van der Waals surface area contributed by atoms with Crippen LogP contribution in [0.15, 0.2) is 12.2 Å². The zero-order valence-electron chi connectivity index (χ0n) is 8.14. The Morgan fingerprint density at radius 3 is 2.36 bits per heavy atom. The first-order valence-electron chi connectivity index (χ1n) is 4.64. The van der Waals surface area contributed by atoms with Gasteiger partial charge in [0.2, 0.25) is 0 Å². The molecule has 0 aromatic heterocycles. The maximum absolute atomic E-state index is 2.38. The Balaban J connectivity index is 3.16. The molecular weight excluding hydrogens is 134 g/mol. The average Bonchev–Trinajstić information content (AvgIpc) is 1.99. The fourth-order valence-corrected chi connectivity index (χ4v) is 1.07. The zero-order chi connectivity index (χ0) is 8.53. The molecule has 0 aliphatic heterocycles. The van der Waals surface area contributed by atoms with E-state index in [9.17, 15) is 0 Å². The average molecular weight is 155 g/mol. The standard InChI is InChI=1S/C10H21N/c1-4-6-7-8-10-11(3)9-5-2/h6-7H,4-5,8-10H2,1-3H3/b7-6+. The summed E-state index contributed by atoms with van der Waals surface area (Å²) in [5, 5.41) is 0. The van der Waals surface area contributed by atoms with Crippen LogP contribution in [0.25, 0.3) is 0 Å². The second kappa shape index (κ2) is 7.80. The van der Waals surface area contributed by atoms with Crippen LogP contribution >= 0.6 is 0 Å². The topological polar surface area (TPSA) is 3.24 Å². The van der Waals surface area contributed by atoms with E-state index >= 15 is 0 Å². The van der Waals surface area contributed by atoms with Crippen molar-refractivity contribution < 1.29 is 0 Å². The third-order valence-corrected chi connectivity index (χ3v) is 1.69. The summed E-state index contributed by atoms with van der Waals surface area (Å²) in [5.74, 6) is 0. The molecule has 0 radical (unpaired) electrons. The second-order valence-corrected chi connectivity index (χ2v) is 2.97.